The number of nitrogens with zero attached hydrogens (tertiary/aromatic N) is 2. The molecular formula is C29H33Cl2N3O4S. The minimum absolute atomic E-state index is 0.0509. The quantitative estimate of drug-likeness (QED) is 0.311. The van der Waals surface area contributed by atoms with Crippen LogP contribution in [0.1, 0.15) is 38.8 Å². The van der Waals surface area contributed by atoms with Crippen molar-refractivity contribution in [2.24, 2.45) is 0 Å². The van der Waals surface area contributed by atoms with E-state index in [-0.39, 0.29) is 23.4 Å². The van der Waals surface area contributed by atoms with Crippen molar-refractivity contribution in [1.29, 1.82) is 0 Å². The maximum Gasteiger partial charge on any atom is 0.264 e. The Balaban J connectivity index is 2.10. The van der Waals surface area contributed by atoms with Crippen LogP contribution in [0.2, 0.25) is 10.0 Å². The summed E-state index contributed by atoms with van der Waals surface area (Å²) in [7, 11) is -4.14. The average Bonchev–Trinajstić information content (AvgIpc) is 2.91. The van der Waals surface area contributed by atoms with E-state index in [4.69, 9.17) is 23.2 Å². The third kappa shape index (κ3) is 7.32. The van der Waals surface area contributed by atoms with Gasteiger partial charge in [-0.05, 0) is 63.1 Å². The number of hydrogen-bond acceptors (Lipinski definition) is 4. The van der Waals surface area contributed by atoms with Crippen LogP contribution in [-0.2, 0) is 32.6 Å². The highest BCUT2D eigenvalue weighted by molar-refractivity contribution is 7.92. The number of halogens is 2. The molecule has 1 atom stereocenters. The lowest BCUT2D eigenvalue weighted by Crippen LogP contribution is -2.52. The zero-order chi connectivity index (χ0) is 28.7. The van der Waals surface area contributed by atoms with Gasteiger partial charge in [-0.3, -0.25) is 13.9 Å². The Hall–Kier alpha value is -3.07. The van der Waals surface area contributed by atoms with Gasteiger partial charge in [0.05, 0.1) is 10.6 Å². The Morgan fingerprint density at radius 3 is 2.05 bits per heavy atom. The normalized spacial score (nSPS) is 12.2. The molecule has 7 nitrogen and oxygen atoms in total. The summed E-state index contributed by atoms with van der Waals surface area (Å²) in [6, 6.07) is 18.9. The second kappa shape index (κ2) is 13.3. The van der Waals surface area contributed by atoms with Gasteiger partial charge in [0, 0.05) is 28.2 Å². The number of carbonyl (C=O) groups is 2. The van der Waals surface area contributed by atoms with Crippen molar-refractivity contribution in [2.75, 3.05) is 10.8 Å². The molecule has 1 N–H and O–H groups in total. The first-order valence-electron chi connectivity index (χ1n) is 12.7. The largest absolute Gasteiger partial charge is 0.352 e. The van der Waals surface area contributed by atoms with E-state index >= 15 is 0 Å². The molecule has 0 spiro atoms. The molecular weight excluding hydrogens is 557 g/mol. The van der Waals surface area contributed by atoms with Gasteiger partial charge in [0.15, 0.2) is 0 Å². The van der Waals surface area contributed by atoms with Crippen LogP contribution >= 0.6 is 23.2 Å². The molecule has 39 heavy (non-hydrogen) atoms. The van der Waals surface area contributed by atoms with Gasteiger partial charge in [-0.25, -0.2) is 8.42 Å². The van der Waals surface area contributed by atoms with Crippen molar-refractivity contribution >= 4 is 50.7 Å². The molecule has 0 aliphatic heterocycles. The summed E-state index contributed by atoms with van der Waals surface area (Å²) in [6.45, 7) is 6.53. The summed E-state index contributed by atoms with van der Waals surface area (Å²) in [5.41, 5.74) is 1.62. The number of para-hydroxylation sites is 1. The minimum Gasteiger partial charge on any atom is -0.352 e. The van der Waals surface area contributed by atoms with Crippen molar-refractivity contribution in [3.05, 3.63) is 94.0 Å². The lowest BCUT2D eigenvalue weighted by atomic mass is 10.1. The van der Waals surface area contributed by atoms with E-state index < -0.39 is 28.5 Å². The predicted octanol–water partition coefficient (Wildman–Crippen LogP) is 5.69. The monoisotopic (exact) mass is 589 g/mol. The standard InChI is InChI=1S/C29H33Cl2N3O4S/c1-5-22-12-9-10-17-27(22)34(39(37,38)23-13-7-6-8-14-23)19-28(35)33(21(4)29(36)32-20(2)3)18-24-25(30)15-11-16-26(24)31/h6-17,20-21H,5,18-19H2,1-4H3,(H,32,36)/t21-/m1/s1. The summed E-state index contributed by atoms with van der Waals surface area (Å²) >= 11 is 12.8. The van der Waals surface area contributed by atoms with Gasteiger partial charge in [-0.2, -0.15) is 0 Å². The third-order valence-electron chi connectivity index (χ3n) is 6.24. The van der Waals surface area contributed by atoms with Crippen LogP contribution in [0.3, 0.4) is 0 Å². The fourth-order valence-corrected chi connectivity index (χ4v) is 6.12. The molecule has 0 radical (unpaired) electrons. The first-order chi connectivity index (χ1) is 18.5. The van der Waals surface area contributed by atoms with Gasteiger partial charge in [-0.15, -0.1) is 0 Å². The molecule has 10 heteroatoms. The highest BCUT2D eigenvalue weighted by Gasteiger charge is 2.33. The first-order valence-corrected chi connectivity index (χ1v) is 14.8. The SMILES string of the molecule is CCc1ccccc1N(CC(=O)N(Cc1c(Cl)cccc1Cl)[C@H](C)C(=O)NC(C)C)S(=O)(=O)c1ccccc1. The van der Waals surface area contributed by atoms with Crippen molar-refractivity contribution < 1.29 is 18.0 Å². The minimum atomic E-state index is -4.14. The predicted molar refractivity (Wildman–Crippen MR) is 157 cm³/mol. The van der Waals surface area contributed by atoms with Gasteiger partial charge in [0.2, 0.25) is 11.8 Å². The molecule has 3 aromatic carbocycles. The number of rotatable bonds is 11. The second-order valence-electron chi connectivity index (χ2n) is 9.37. The second-order valence-corrected chi connectivity index (χ2v) is 12.0. The van der Waals surface area contributed by atoms with Crippen LogP contribution in [0.25, 0.3) is 0 Å². The molecule has 2 amide bonds. The van der Waals surface area contributed by atoms with E-state index in [1.54, 1.807) is 55.5 Å². The van der Waals surface area contributed by atoms with E-state index in [1.165, 1.54) is 17.0 Å². The number of aryl methyl sites for hydroxylation is 1. The molecule has 0 bridgehead atoms. The van der Waals surface area contributed by atoms with Gasteiger partial charge < -0.3 is 10.2 Å². The Bertz CT molecular complexity index is 1390. The molecule has 0 fully saturated rings. The smallest absolute Gasteiger partial charge is 0.264 e. The van der Waals surface area contributed by atoms with E-state index in [0.29, 0.717) is 27.7 Å². The number of hydrogen-bond donors (Lipinski definition) is 1. The molecule has 0 aliphatic carbocycles. The molecule has 0 heterocycles. The highest BCUT2D eigenvalue weighted by Crippen LogP contribution is 2.30. The number of sulfonamides is 1. The number of anilines is 1. The molecule has 0 unspecified atom stereocenters. The molecule has 0 saturated heterocycles. The van der Waals surface area contributed by atoms with Crippen LogP contribution in [0.5, 0.6) is 0 Å². The Morgan fingerprint density at radius 2 is 1.46 bits per heavy atom. The zero-order valence-corrected chi connectivity index (χ0v) is 24.7. The van der Waals surface area contributed by atoms with Crippen molar-refractivity contribution in [3.63, 3.8) is 0 Å². The van der Waals surface area contributed by atoms with Gasteiger partial charge >= 0.3 is 0 Å². The number of carbonyl (C=O) groups excluding carboxylic acids is 2. The molecule has 0 saturated carbocycles. The third-order valence-corrected chi connectivity index (χ3v) is 8.72. The molecule has 3 aromatic rings. The zero-order valence-electron chi connectivity index (χ0n) is 22.4. The van der Waals surface area contributed by atoms with E-state index in [1.807, 2.05) is 32.9 Å². The Labute approximate surface area is 240 Å². The summed E-state index contributed by atoms with van der Waals surface area (Å²) < 4.78 is 28.9. The molecule has 208 valence electrons. The fraction of sp³-hybridized carbons (Fsp3) is 0.310. The summed E-state index contributed by atoms with van der Waals surface area (Å²) in [4.78, 5) is 28.4. The summed E-state index contributed by atoms with van der Waals surface area (Å²) in [5.74, 6) is -0.962. The summed E-state index contributed by atoms with van der Waals surface area (Å²) in [6.07, 6.45) is 0.553. The number of nitrogens with one attached hydrogen (secondary N) is 1. The maximum absolute atomic E-state index is 14.0. The fourth-order valence-electron chi connectivity index (χ4n) is 4.13. The van der Waals surface area contributed by atoms with Crippen LogP contribution in [-0.4, -0.2) is 43.8 Å². The molecule has 0 aromatic heterocycles. The summed E-state index contributed by atoms with van der Waals surface area (Å²) in [5, 5.41) is 3.49. The molecule has 3 rings (SSSR count). The topological polar surface area (TPSA) is 86.8 Å². The number of amides is 2. The van der Waals surface area contributed by atoms with Gasteiger partial charge in [-0.1, -0.05) is 72.6 Å². The van der Waals surface area contributed by atoms with Crippen LogP contribution in [0.15, 0.2) is 77.7 Å². The van der Waals surface area contributed by atoms with Crippen LogP contribution in [0, 0.1) is 0 Å². The number of benzene rings is 3. The van der Waals surface area contributed by atoms with E-state index in [2.05, 4.69) is 5.32 Å². The average molecular weight is 591 g/mol. The van der Waals surface area contributed by atoms with Gasteiger partial charge in [0.1, 0.15) is 12.6 Å². The maximum atomic E-state index is 14.0. The van der Waals surface area contributed by atoms with Crippen LogP contribution < -0.4 is 9.62 Å². The van der Waals surface area contributed by atoms with Gasteiger partial charge in [0.25, 0.3) is 10.0 Å². The first kappa shape index (κ1) is 30.5. The lowest BCUT2D eigenvalue weighted by Gasteiger charge is -2.33. The van der Waals surface area contributed by atoms with Crippen LogP contribution in [0.4, 0.5) is 5.69 Å². The highest BCUT2D eigenvalue weighted by atomic mass is 35.5. The lowest BCUT2D eigenvalue weighted by molar-refractivity contribution is -0.139. The van der Waals surface area contributed by atoms with Crippen molar-refractivity contribution in [1.82, 2.24) is 10.2 Å². The van der Waals surface area contributed by atoms with Crippen molar-refractivity contribution in [3.8, 4) is 0 Å². The van der Waals surface area contributed by atoms with E-state index in [0.717, 1.165) is 9.87 Å². The Kier molecular flexibility index (Phi) is 10.4. The van der Waals surface area contributed by atoms with Crippen molar-refractivity contribution in [2.45, 2.75) is 57.6 Å². The van der Waals surface area contributed by atoms with E-state index in [9.17, 15) is 18.0 Å². The molecule has 0 aliphatic rings. The Morgan fingerprint density at radius 1 is 0.872 bits per heavy atom.